The maximum Gasteiger partial charge on any atom is 0.130 e. The van der Waals surface area contributed by atoms with Crippen molar-refractivity contribution in [2.24, 2.45) is 5.41 Å². The molecule has 16 heavy (non-hydrogen) atoms. The fourth-order valence-corrected chi connectivity index (χ4v) is 2.13. The number of nitrogens with zero attached hydrogens (tertiary/aromatic N) is 2. The lowest BCUT2D eigenvalue weighted by molar-refractivity contribution is 0.220. The summed E-state index contributed by atoms with van der Waals surface area (Å²) in [5.74, 6) is 0. The van der Waals surface area contributed by atoms with E-state index >= 15 is 0 Å². The highest BCUT2D eigenvalue weighted by molar-refractivity contribution is 6.34. The summed E-state index contributed by atoms with van der Waals surface area (Å²) in [7, 11) is 2.08. The Morgan fingerprint density at radius 2 is 1.94 bits per heavy atom. The second-order valence-electron chi connectivity index (χ2n) is 5.33. The zero-order valence-electron chi connectivity index (χ0n) is 10.2. The van der Waals surface area contributed by atoms with Gasteiger partial charge in [0.25, 0.3) is 0 Å². The molecular weight excluding hydrogens is 243 g/mol. The molecule has 90 valence electrons. The maximum atomic E-state index is 6.09. The van der Waals surface area contributed by atoms with Gasteiger partial charge in [0.15, 0.2) is 0 Å². The third kappa shape index (κ3) is 4.69. The van der Waals surface area contributed by atoms with Crippen LogP contribution >= 0.6 is 23.2 Å². The van der Waals surface area contributed by atoms with Crippen LogP contribution in [0.3, 0.4) is 0 Å². The van der Waals surface area contributed by atoms with E-state index in [1.807, 2.05) is 0 Å². The standard InChI is InChI=1S/C12H18Cl2N2/c1-12(2,3)8-16(4)7-9-6-15-11(14)5-10(9)13/h5-6H,7-8H2,1-4H3. The topological polar surface area (TPSA) is 16.1 Å². The van der Waals surface area contributed by atoms with Gasteiger partial charge in [-0.1, -0.05) is 44.0 Å². The number of aromatic nitrogens is 1. The Morgan fingerprint density at radius 3 is 2.44 bits per heavy atom. The van der Waals surface area contributed by atoms with Crippen LogP contribution in [-0.2, 0) is 6.54 Å². The molecule has 0 fully saturated rings. The van der Waals surface area contributed by atoms with Gasteiger partial charge < -0.3 is 4.90 Å². The highest BCUT2D eigenvalue weighted by Crippen LogP contribution is 2.21. The molecule has 0 aliphatic carbocycles. The Bertz CT molecular complexity index is 359. The largest absolute Gasteiger partial charge is 0.301 e. The molecule has 0 saturated carbocycles. The zero-order chi connectivity index (χ0) is 12.3. The van der Waals surface area contributed by atoms with Crippen molar-refractivity contribution >= 4 is 23.2 Å². The Kier molecular flexibility index (Phi) is 4.60. The van der Waals surface area contributed by atoms with E-state index < -0.39 is 0 Å². The molecule has 0 amide bonds. The van der Waals surface area contributed by atoms with Crippen LogP contribution in [0.2, 0.25) is 10.2 Å². The van der Waals surface area contributed by atoms with Gasteiger partial charge >= 0.3 is 0 Å². The smallest absolute Gasteiger partial charge is 0.130 e. The van der Waals surface area contributed by atoms with Gasteiger partial charge in [0, 0.05) is 29.9 Å². The summed E-state index contributed by atoms with van der Waals surface area (Å²) in [5.41, 5.74) is 1.29. The molecule has 1 rings (SSSR count). The van der Waals surface area contributed by atoms with Crippen molar-refractivity contribution in [3.8, 4) is 0 Å². The van der Waals surface area contributed by atoms with E-state index in [1.54, 1.807) is 12.3 Å². The third-order valence-corrected chi connectivity index (χ3v) is 2.64. The van der Waals surface area contributed by atoms with Crippen LogP contribution in [-0.4, -0.2) is 23.5 Å². The fraction of sp³-hybridized carbons (Fsp3) is 0.583. The molecule has 4 heteroatoms. The van der Waals surface area contributed by atoms with E-state index in [2.05, 4.69) is 37.7 Å². The second kappa shape index (κ2) is 5.35. The quantitative estimate of drug-likeness (QED) is 0.768. The molecule has 2 nitrogen and oxygen atoms in total. The molecule has 1 heterocycles. The van der Waals surface area contributed by atoms with E-state index in [0.717, 1.165) is 18.7 Å². The van der Waals surface area contributed by atoms with E-state index in [9.17, 15) is 0 Å². The molecule has 0 N–H and O–H groups in total. The number of hydrogen-bond donors (Lipinski definition) is 0. The Balaban J connectivity index is 2.66. The average Bonchev–Trinajstić information content (AvgIpc) is 2.06. The molecule has 0 bridgehead atoms. The number of halogens is 2. The number of pyridine rings is 1. The van der Waals surface area contributed by atoms with Crippen LogP contribution in [0.25, 0.3) is 0 Å². The summed E-state index contributed by atoms with van der Waals surface area (Å²) in [6.07, 6.45) is 1.74. The van der Waals surface area contributed by atoms with Gasteiger partial charge in [0.1, 0.15) is 5.15 Å². The van der Waals surface area contributed by atoms with Gasteiger partial charge in [0.2, 0.25) is 0 Å². The van der Waals surface area contributed by atoms with Crippen LogP contribution < -0.4 is 0 Å². The van der Waals surface area contributed by atoms with Gasteiger partial charge in [-0.2, -0.15) is 0 Å². The summed E-state index contributed by atoms with van der Waals surface area (Å²) in [5, 5.41) is 1.12. The molecule has 0 saturated heterocycles. The summed E-state index contributed by atoms with van der Waals surface area (Å²) < 4.78 is 0. The molecule has 0 aliphatic rings. The van der Waals surface area contributed by atoms with Gasteiger partial charge in [-0.3, -0.25) is 0 Å². The average molecular weight is 261 g/mol. The monoisotopic (exact) mass is 260 g/mol. The van der Waals surface area contributed by atoms with Gasteiger partial charge in [0.05, 0.1) is 0 Å². The van der Waals surface area contributed by atoms with Crippen molar-refractivity contribution in [2.45, 2.75) is 27.3 Å². The van der Waals surface area contributed by atoms with E-state index in [4.69, 9.17) is 23.2 Å². The third-order valence-electron chi connectivity index (χ3n) is 2.08. The normalized spacial score (nSPS) is 12.2. The first-order chi connectivity index (χ1) is 7.28. The van der Waals surface area contributed by atoms with Crippen LogP contribution in [0.5, 0.6) is 0 Å². The van der Waals surface area contributed by atoms with Crippen LogP contribution in [0.15, 0.2) is 12.3 Å². The van der Waals surface area contributed by atoms with E-state index in [-0.39, 0.29) is 5.41 Å². The first-order valence-electron chi connectivity index (χ1n) is 5.26. The Labute approximate surface area is 108 Å². The van der Waals surface area contributed by atoms with Crippen molar-refractivity contribution in [2.75, 3.05) is 13.6 Å². The molecule has 0 radical (unpaired) electrons. The van der Waals surface area contributed by atoms with Crippen molar-refractivity contribution < 1.29 is 0 Å². The minimum atomic E-state index is 0.279. The molecule has 0 unspecified atom stereocenters. The molecule has 0 spiro atoms. The highest BCUT2D eigenvalue weighted by Gasteiger charge is 2.14. The molecule has 0 aliphatic heterocycles. The SMILES string of the molecule is CN(Cc1cnc(Cl)cc1Cl)CC(C)(C)C. The highest BCUT2D eigenvalue weighted by atomic mass is 35.5. The van der Waals surface area contributed by atoms with Crippen LogP contribution in [0, 0.1) is 5.41 Å². The van der Waals surface area contributed by atoms with Crippen molar-refractivity contribution in [3.63, 3.8) is 0 Å². The predicted octanol–water partition coefficient (Wildman–Crippen LogP) is 3.87. The summed E-state index contributed by atoms with van der Waals surface area (Å²) in [6, 6.07) is 1.68. The Hall–Kier alpha value is -0.310. The van der Waals surface area contributed by atoms with Crippen LogP contribution in [0.1, 0.15) is 26.3 Å². The number of hydrogen-bond acceptors (Lipinski definition) is 2. The fourth-order valence-electron chi connectivity index (χ4n) is 1.71. The summed E-state index contributed by atoms with van der Waals surface area (Å²) in [4.78, 5) is 6.28. The summed E-state index contributed by atoms with van der Waals surface area (Å²) >= 11 is 11.8. The van der Waals surface area contributed by atoms with Gasteiger partial charge in [-0.15, -0.1) is 0 Å². The van der Waals surface area contributed by atoms with Crippen LogP contribution in [0.4, 0.5) is 0 Å². The lowest BCUT2D eigenvalue weighted by Crippen LogP contribution is -2.29. The molecular formula is C12H18Cl2N2. The van der Waals surface area contributed by atoms with Gasteiger partial charge in [-0.25, -0.2) is 4.98 Å². The minimum Gasteiger partial charge on any atom is -0.301 e. The lowest BCUT2D eigenvalue weighted by Gasteiger charge is -2.26. The van der Waals surface area contributed by atoms with Crippen molar-refractivity contribution in [3.05, 3.63) is 28.0 Å². The van der Waals surface area contributed by atoms with Gasteiger partial charge in [-0.05, 0) is 18.5 Å². The van der Waals surface area contributed by atoms with E-state index in [0.29, 0.717) is 10.2 Å². The first kappa shape index (κ1) is 13.8. The number of rotatable bonds is 3. The first-order valence-corrected chi connectivity index (χ1v) is 6.02. The predicted molar refractivity (Wildman–Crippen MR) is 70.0 cm³/mol. The zero-order valence-corrected chi connectivity index (χ0v) is 11.7. The molecule has 1 aromatic rings. The van der Waals surface area contributed by atoms with Crippen molar-refractivity contribution in [1.82, 2.24) is 9.88 Å². The minimum absolute atomic E-state index is 0.279. The maximum absolute atomic E-state index is 6.09. The molecule has 0 atom stereocenters. The second-order valence-corrected chi connectivity index (χ2v) is 6.13. The van der Waals surface area contributed by atoms with E-state index in [1.165, 1.54) is 0 Å². The summed E-state index contributed by atoms with van der Waals surface area (Å²) in [6.45, 7) is 8.44. The Morgan fingerprint density at radius 1 is 1.31 bits per heavy atom. The van der Waals surface area contributed by atoms with Crippen molar-refractivity contribution in [1.29, 1.82) is 0 Å². The lowest BCUT2D eigenvalue weighted by atomic mass is 9.96. The molecule has 0 aromatic carbocycles. The molecule has 1 aromatic heterocycles.